The minimum absolute atomic E-state index is 0.0832. The number of benzene rings is 1. The van der Waals surface area contributed by atoms with Crippen LogP contribution in [0.4, 0.5) is 5.69 Å². The fourth-order valence-electron chi connectivity index (χ4n) is 2.34. The maximum Gasteiger partial charge on any atom is 0.339 e. The number of anilines is 1. The van der Waals surface area contributed by atoms with E-state index in [0.717, 1.165) is 23.7 Å². The van der Waals surface area contributed by atoms with Crippen molar-refractivity contribution in [1.82, 2.24) is 4.98 Å². The first-order chi connectivity index (χ1) is 9.65. The summed E-state index contributed by atoms with van der Waals surface area (Å²) in [4.78, 5) is 15.5. The summed E-state index contributed by atoms with van der Waals surface area (Å²) in [7, 11) is 0. The third-order valence-corrected chi connectivity index (χ3v) is 3.94. The zero-order valence-corrected chi connectivity index (χ0v) is 11.0. The fraction of sp³-hybridized carbons (Fsp3) is 0.333. The van der Waals surface area contributed by atoms with E-state index in [-0.39, 0.29) is 17.6 Å². The Morgan fingerprint density at radius 3 is 2.75 bits per heavy atom. The lowest BCUT2D eigenvalue weighted by molar-refractivity contribution is 0.0697. The summed E-state index contributed by atoms with van der Waals surface area (Å²) in [5.74, 6) is -1.00. The van der Waals surface area contributed by atoms with E-state index in [1.165, 1.54) is 6.20 Å². The summed E-state index contributed by atoms with van der Waals surface area (Å²) in [6.07, 6.45) is 3.33. The van der Waals surface area contributed by atoms with Crippen LogP contribution in [0.25, 0.3) is 10.9 Å². The molecule has 20 heavy (non-hydrogen) atoms. The van der Waals surface area contributed by atoms with Gasteiger partial charge in [-0.15, -0.1) is 0 Å². The first-order valence-electron chi connectivity index (χ1n) is 6.61. The highest BCUT2D eigenvalue weighted by Gasteiger charge is 2.41. The van der Waals surface area contributed by atoms with Crippen molar-refractivity contribution >= 4 is 22.6 Å². The smallest absolute Gasteiger partial charge is 0.339 e. The number of para-hydroxylation sites is 1. The molecule has 0 saturated heterocycles. The molecule has 0 atom stereocenters. The van der Waals surface area contributed by atoms with E-state index < -0.39 is 5.97 Å². The molecule has 1 aliphatic rings. The highest BCUT2D eigenvalue weighted by atomic mass is 16.4. The highest BCUT2D eigenvalue weighted by molar-refractivity contribution is 6.04. The maximum atomic E-state index is 11.3. The molecular formula is C15H16N2O3. The van der Waals surface area contributed by atoms with Crippen molar-refractivity contribution in [2.45, 2.75) is 12.8 Å². The number of aromatic nitrogens is 1. The molecule has 0 aliphatic heterocycles. The number of rotatable bonds is 5. The molecule has 1 fully saturated rings. The topological polar surface area (TPSA) is 82.5 Å². The van der Waals surface area contributed by atoms with Gasteiger partial charge in [-0.05, 0) is 18.9 Å². The van der Waals surface area contributed by atoms with Crippen LogP contribution in [0.1, 0.15) is 23.2 Å². The summed E-state index contributed by atoms with van der Waals surface area (Å²) in [5.41, 5.74) is 1.43. The summed E-state index contributed by atoms with van der Waals surface area (Å²) in [6, 6.07) is 7.44. The van der Waals surface area contributed by atoms with Gasteiger partial charge in [0.1, 0.15) is 5.56 Å². The number of aliphatic hydroxyl groups excluding tert-OH is 1. The molecule has 1 heterocycles. The molecule has 1 aliphatic carbocycles. The predicted octanol–water partition coefficient (Wildman–Crippen LogP) is 2.12. The fourth-order valence-corrected chi connectivity index (χ4v) is 2.34. The van der Waals surface area contributed by atoms with Gasteiger partial charge in [-0.3, -0.25) is 4.98 Å². The van der Waals surface area contributed by atoms with Gasteiger partial charge in [-0.1, -0.05) is 18.2 Å². The van der Waals surface area contributed by atoms with E-state index in [9.17, 15) is 15.0 Å². The van der Waals surface area contributed by atoms with E-state index in [0.29, 0.717) is 12.2 Å². The molecule has 5 nitrogen and oxygen atoms in total. The standard InChI is InChI=1S/C15H16N2O3/c18-9-15(5-6-15)8-17-13-10-3-1-2-4-12(10)16-7-11(13)14(19)20/h1-4,7,18H,5-6,8-9H2,(H,16,17)(H,19,20). The average Bonchev–Trinajstić information content (AvgIpc) is 3.25. The zero-order valence-electron chi connectivity index (χ0n) is 11.0. The van der Waals surface area contributed by atoms with Gasteiger partial charge in [0, 0.05) is 23.5 Å². The Labute approximate surface area is 116 Å². The largest absolute Gasteiger partial charge is 0.478 e. The minimum Gasteiger partial charge on any atom is -0.478 e. The van der Waals surface area contributed by atoms with Crippen LogP contribution in [0.5, 0.6) is 0 Å². The average molecular weight is 272 g/mol. The molecular weight excluding hydrogens is 256 g/mol. The Bertz CT molecular complexity index is 665. The lowest BCUT2D eigenvalue weighted by atomic mass is 10.1. The van der Waals surface area contributed by atoms with E-state index in [1.54, 1.807) is 0 Å². The molecule has 0 amide bonds. The molecule has 0 spiro atoms. The molecule has 0 radical (unpaired) electrons. The van der Waals surface area contributed by atoms with Crippen LogP contribution in [-0.2, 0) is 0 Å². The Kier molecular flexibility index (Phi) is 3.06. The quantitative estimate of drug-likeness (QED) is 0.776. The number of nitrogens with zero attached hydrogens (tertiary/aromatic N) is 1. The van der Waals surface area contributed by atoms with Crippen molar-refractivity contribution in [1.29, 1.82) is 0 Å². The first kappa shape index (κ1) is 12.9. The third-order valence-electron chi connectivity index (χ3n) is 3.94. The number of aromatic carboxylic acids is 1. The SMILES string of the molecule is O=C(O)c1cnc2ccccc2c1NCC1(CO)CC1. The Morgan fingerprint density at radius 1 is 1.35 bits per heavy atom. The molecule has 3 N–H and O–H groups in total. The molecule has 3 rings (SSSR count). The van der Waals surface area contributed by atoms with E-state index >= 15 is 0 Å². The number of hydrogen-bond acceptors (Lipinski definition) is 4. The number of carbonyl (C=O) groups is 1. The highest BCUT2D eigenvalue weighted by Crippen LogP contribution is 2.45. The van der Waals surface area contributed by atoms with Crippen molar-refractivity contribution in [3.8, 4) is 0 Å². The van der Waals surface area contributed by atoms with Crippen LogP contribution in [0, 0.1) is 5.41 Å². The second-order valence-electron chi connectivity index (χ2n) is 5.38. The number of hydrogen-bond donors (Lipinski definition) is 3. The van der Waals surface area contributed by atoms with Crippen molar-refractivity contribution in [2.24, 2.45) is 5.41 Å². The second-order valence-corrected chi connectivity index (χ2v) is 5.38. The van der Waals surface area contributed by atoms with Crippen molar-refractivity contribution in [3.05, 3.63) is 36.0 Å². The number of carboxylic acid groups (broad SMARTS) is 1. The van der Waals surface area contributed by atoms with Crippen LogP contribution in [0.15, 0.2) is 30.5 Å². The van der Waals surface area contributed by atoms with Crippen molar-refractivity contribution < 1.29 is 15.0 Å². The van der Waals surface area contributed by atoms with E-state index in [1.807, 2.05) is 24.3 Å². The van der Waals surface area contributed by atoms with Crippen LogP contribution in [0.2, 0.25) is 0 Å². The minimum atomic E-state index is -1.00. The molecule has 0 bridgehead atoms. The molecule has 0 unspecified atom stereocenters. The van der Waals surface area contributed by atoms with Gasteiger partial charge >= 0.3 is 5.97 Å². The van der Waals surface area contributed by atoms with Crippen LogP contribution < -0.4 is 5.32 Å². The first-order valence-corrected chi connectivity index (χ1v) is 6.61. The Hall–Kier alpha value is -2.14. The van der Waals surface area contributed by atoms with E-state index in [2.05, 4.69) is 10.3 Å². The molecule has 1 saturated carbocycles. The van der Waals surface area contributed by atoms with Gasteiger partial charge in [0.15, 0.2) is 0 Å². The normalized spacial score (nSPS) is 16.1. The zero-order chi connectivity index (χ0) is 14.2. The molecule has 2 aromatic rings. The molecule has 104 valence electrons. The van der Waals surface area contributed by atoms with Crippen LogP contribution >= 0.6 is 0 Å². The van der Waals surface area contributed by atoms with Gasteiger partial charge < -0.3 is 15.5 Å². The van der Waals surface area contributed by atoms with Crippen molar-refractivity contribution in [2.75, 3.05) is 18.5 Å². The second kappa shape index (κ2) is 4.76. The Balaban J connectivity index is 2.01. The lowest BCUT2D eigenvalue weighted by Crippen LogP contribution is -2.20. The lowest BCUT2D eigenvalue weighted by Gasteiger charge is -2.17. The van der Waals surface area contributed by atoms with Gasteiger partial charge in [0.25, 0.3) is 0 Å². The van der Waals surface area contributed by atoms with Crippen LogP contribution in [-0.4, -0.2) is 34.3 Å². The maximum absolute atomic E-state index is 11.3. The summed E-state index contributed by atoms with van der Waals surface area (Å²) in [5, 5.41) is 22.7. The summed E-state index contributed by atoms with van der Waals surface area (Å²) >= 11 is 0. The Morgan fingerprint density at radius 2 is 2.10 bits per heavy atom. The molecule has 1 aromatic heterocycles. The number of nitrogens with one attached hydrogen (secondary N) is 1. The number of fused-ring (bicyclic) bond motifs is 1. The summed E-state index contributed by atoms with van der Waals surface area (Å²) in [6.45, 7) is 0.712. The number of carboxylic acids is 1. The monoisotopic (exact) mass is 272 g/mol. The van der Waals surface area contributed by atoms with Gasteiger partial charge in [-0.2, -0.15) is 0 Å². The molecule has 5 heteroatoms. The number of pyridine rings is 1. The number of aliphatic hydroxyl groups is 1. The van der Waals surface area contributed by atoms with Gasteiger partial charge in [0.05, 0.1) is 17.8 Å². The van der Waals surface area contributed by atoms with E-state index in [4.69, 9.17) is 0 Å². The summed E-state index contributed by atoms with van der Waals surface area (Å²) < 4.78 is 0. The molecule has 1 aromatic carbocycles. The predicted molar refractivity (Wildman–Crippen MR) is 75.9 cm³/mol. The van der Waals surface area contributed by atoms with Crippen molar-refractivity contribution in [3.63, 3.8) is 0 Å². The third kappa shape index (κ3) is 2.20. The van der Waals surface area contributed by atoms with Gasteiger partial charge in [-0.25, -0.2) is 4.79 Å². The van der Waals surface area contributed by atoms with Crippen LogP contribution in [0.3, 0.4) is 0 Å². The van der Waals surface area contributed by atoms with Gasteiger partial charge in [0.2, 0.25) is 0 Å².